The number of carbonyl (C=O) groups excluding carboxylic acids is 2. The van der Waals surface area contributed by atoms with Crippen molar-refractivity contribution in [2.45, 2.75) is 70.1 Å². The Bertz CT molecular complexity index is 937. The molecule has 31 heavy (non-hydrogen) atoms. The molecule has 4 atom stereocenters. The van der Waals surface area contributed by atoms with Crippen LogP contribution in [0.5, 0.6) is 5.88 Å². The van der Waals surface area contributed by atoms with Crippen LogP contribution in [0.3, 0.4) is 0 Å². The average Bonchev–Trinajstić information content (AvgIpc) is 3.37. The van der Waals surface area contributed by atoms with Crippen molar-refractivity contribution in [3.63, 3.8) is 0 Å². The molecular weight excluding hydrogens is 398 g/mol. The zero-order chi connectivity index (χ0) is 22.0. The van der Waals surface area contributed by atoms with Gasteiger partial charge >= 0.3 is 6.09 Å². The highest BCUT2D eigenvalue weighted by atomic mass is 16.6. The van der Waals surface area contributed by atoms with E-state index < -0.39 is 0 Å². The number of nitrogens with zero attached hydrogens (tertiary/aromatic N) is 3. The number of aromatic nitrogens is 3. The van der Waals surface area contributed by atoms with Gasteiger partial charge in [0.25, 0.3) is 0 Å². The summed E-state index contributed by atoms with van der Waals surface area (Å²) in [5.41, 5.74) is 1.76. The highest BCUT2D eigenvalue weighted by Crippen LogP contribution is 2.37. The Morgan fingerprint density at radius 2 is 2.03 bits per heavy atom. The van der Waals surface area contributed by atoms with Gasteiger partial charge in [-0.15, -0.1) is 0 Å². The number of amides is 2. The zero-order valence-corrected chi connectivity index (χ0v) is 18.1. The largest absolute Gasteiger partial charge is 0.481 e. The minimum Gasteiger partial charge on any atom is -0.481 e. The first-order valence-corrected chi connectivity index (χ1v) is 10.8. The van der Waals surface area contributed by atoms with Gasteiger partial charge in [0.15, 0.2) is 5.82 Å². The molecular formula is C22H29N5O4. The molecule has 2 fully saturated rings. The quantitative estimate of drug-likeness (QED) is 0.732. The van der Waals surface area contributed by atoms with E-state index in [9.17, 15) is 9.59 Å². The van der Waals surface area contributed by atoms with Crippen molar-refractivity contribution in [2.75, 3.05) is 12.4 Å². The third kappa shape index (κ3) is 4.81. The van der Waals surface area contributed by atoms with Gasteiger partial charge in [0.2, 0.25) is 11.8 Å². The third-order valence-electron chi connectivity index (χ3n) is 6.17. The van der Waals surface area contributed by atoms with Crippen molar-refractivity contribution in [1.82, 2.24) is 20.1 Å². The molecule has 4 rings (SSSR count). The molecule has 2 aromatic heterocycles. The van der Waals surface area contributed by atoms with Crippen molar-refractivity contribution < 1.29 is 19.1 Å². The van der Waals surface area contributed by atoms with E-state index >= 15 is 0 Å². The molecule has 0 bridgehead atoms. The Labute approximate surface area is 181 Å². The van der Waals surface area contributed by atoms with Gasteiger partial charge in [0, 0.05) is 42.0 Å². The van der Waals surface area contributed by atoms with E-state index in [0.717, 1.165) is 36.9 Å². The maximum atomic E-state index is 12.4. The zero-order valence-electron chi connectivity index (χ0n) is 18.1. The number of H-pyrrole nitrogens is 1. The number of nitrogens with one attached hydrogen (secondary N) is 2. The summed E-state index contributed by atoms with van der Waals surface area (Å²) in [7, 11) is 1.54. The summed E-state index contributed by atoms with van der Waals surface area (Å²) in [5, 5.41) is 10.1. The second kappa shape index (κ2) is 8.95. The first-order valence-electron chi connectivity index (χ1n) is 10.8. The second-order valence-electron chi connectivity index (χ2n) is 8.50. The highest BCUT2D eigenvalue weighted by Gasteiger charge is 2.39. The standard InChI is InChI=1S/C22H29N5O4/c1-13-8-14(2)27(13)22(29)31-17-5-4-16(11-17)18-12-19(26-25-18)24-20(28)9-15-6-7-23-21(10-15)30-3/h6-7,10,12-14,16-17H,4-5,8-9,11H2,1-3H3,(H2,24,25,26,28)/t13-,14-,16-,17+/m0/s1. The minimum absolute atomic E-state index is 0.0829. The van der Waals surface area contributed by atoms with Crippen LogP contribution in [0.2, 0.25) is 0 Å². The van der Waals surface area contributed by atoms with Gasteiger partial charge in [-0.25, -0.2) is 9.78 Å². The summed E-state index contributed by atoms with van der Waals surface area (Å²) in [4.78, 5) is 30.6. The summed E-state index contributed by atoms with van der Waals surface area (Å²) in [6.45, 7) is 4.09. The summed E-state index contributed by atoms with van der Waals surface area (Å²) >= 11 is 0. The topological polar surface area (TPSA) is 109 Å². The lowest BCUT2D eigenvalue weighted by molar-refractivity contribution is -0.115. The number of likely N-dealkylation sites (tertiary alicyclic amines) is 1. The predicted molar refractivity (Wildman–Crippen MR) is 114 cm³/mol. The summed E-state index contributed by atoms with van der Waals surface area (Å²) in [5.74, 6) is 1.03. The van der Waals surface area contributed by atoms with Crippen molar-refractivity contribution in [2.24, 2.45) is 0 Å². The Balaban J connectivity index is 1.27. The molecule has 3 heterocycles. The van der Waals surface area contributed by atoms with Gasteiger partial charge in [-0.2, -0.15) is 5.10 Å². The highest BCUT2D eigenvalue weighted by molar-refractivity contribution is 5.91. The van der Waals surface area contributed by atoms with E-state index in [2.05, 4.69) is 20.5 Å². The van der Waals surface area contributed by atoms with Crippen molar-refractivity contribution >= 4 is 17.8 Å². The van der Waals surface area contributed by atoms with Crippen LogP contribution in [0.15, 0.2) is 24.4 Å². The molecule has 2 N–H and O–H groups in total. The Morgan fingerprint density at radius 3 is 2.77 bits per heavy atom. The number of hydrogen-bond donors (Lipinski definition) is 2. The van der Waals surface area contributed by atoms with E-state index in [-0.39, 0.29) is 42.5 Å². The number of methoxy groups -OCH3 is 1. The minimum atomic E-state index is -0.206. The maximum Gasteiger partial charge on any atom is 0.410 e. The second-order valence-corrected chi connectivity index (χ2v) is 8.50. The molecule has 9 nitrogen and oxygen atoms in total. The summed E-state index contributed by atoms with van der Waals surface area (Å²) in [6.07, 6.45) is 5.06. The van der Waals surface area contributed by atoms with E-state index in [1.807, 2.05) is 24.8 Å². The lowest BCUT2D eigenvalue weighted by atomic mass is 9.97. The van der Waals surface area contributed by atoms with Gasteiger partial charge in [-0.3, -0.25) is 9.89 Å². The van der Waals surface area contributed by atoms with Gasteiger partial charge in [0.05, 0.1) is 13.5 Å². The van der Waals surface area contributed by atoms with E-state index in [0.29, 0.717) is 11.7 Å². The molecule has 0 unspecified atom stereocenters. The Morgan fingerprint density at radius 1 is 1.23 bits per heavy atom. The lowest BCUT2D eigenvalue weighted by Crippen LogP contribution is -2.56. The molecule has 1 saturated heterocycles. The van der Waals surface area contributed by atoms with Crippen LogP contribution in [-0.4, -0.2) is 57.4 Å². The third-order valence-corrected chi connectivity index (χ3v) is 6.17. The molecule has 1 saturated carbocycles. The molecule has 1 aliphatic heterocycles. The fourth-order valence-corrected chi connectivity index (χ4v) is 4.56. The fourth-order valence-electron chi connectivity index (χ4n) is 4.56. The molecule has 166 valence electrons. The van der Waals surface area contributed by atoms with Crippen LogP contribution in [0, 0.1) is 0 Å². The molecule has 2 amide bonds. The first kappa shape index (κ1) is 21.1. The van der Waals surface area contributed by atoms with Crippen LogP contribution in [0.25, 0.3) is 0 Å². The van der Waals surface area contributed by atoms with Crippen LogP contribution in [0.4, 0.5) is 10.6 Å². The summed E-state index contributed by atoms with van der Waals surface area (Å²) < 4.78 is 10.8. The van der Waals surface area contributed by atoms with Crippen molar-refractivity contribution in [3.05, 3.63) is 35.7 Å². The smallest absolute Gasteiger partial charge is 0.410 e. The Hall–Kier alpha value is -3.10. The average molecular weight is 428 g/mol. The molecule has 2 aromatic rings. The van der Waals surface area contributed by atoms with Gasteiger partial charge in [-0.05, 0) is 51.2 Å². The van der Waals surface area contributed by atoms with Crippen molar-refractivity contribution in [1.29, 1.82) is 0 Å². The number of anilines is 1. The number of pyridine rings is 1. The summed E-state index contributed by atoms with van der Waals surface area (Å²) in [6, 6.07) is 5.88. The lowest BCUT2D eigenvalue weighted by Gasteiger charge is -2.44. The van der Waals surface area contributed by atoms with Gasteiger partial charge in [-0.1, -0.05) is 0 Å². The van der Waals surface area contributed by atoms with E-state index in [1.165, 1.54) is 7.11 Å². The number of ether oxygens (including phenoxy) is 2. The van der Waals surface area contributed by atoms with Gasteiger partial charge in [0.1, 0.15) is 6.10 Å². The predicted octanol–water partition coefficient (Wildman–Crippen LogP) is 3.25. The first-order chi connectivity index (χ1) is 14.9. The van der Waals surface area contributed by atoms with Crippen LogP contribution in [0.1, 0.15) is 56.7 Å². The number of rotatable bonds is 6. The molecule has 9 heteroatoms. The van der Waals surface area contributed by atoms with Crippen LogP contribution < -0.4 is 10.1 Å². The monoisotopic (exact) mass is 427 g/mol. The normalized spacial score (nSPS) is 25.1. The number of aromatic amines is 1. The molecule has 0 spiro atoms. The van der Waals surface area contributed by atoms with E-state index in [1.54, 1.807) is 18.3 Å². The number of hydrogen-bond acceptors (Lipinski definition) is 6. The Kier molecular flexibility index (Phi) is 6.11. The SMILES string of the molecule is COc1cc(CC(=O)Nc2cc([C@H]3CC[C@@H](OC(=O)N4[C@@H](C)C[C@@H]4C)C3)[nH]n2)ccn1. The molecule has 1 aliphatic carbocycles. The van der Waals surface area contributed by atoms with Crippen LogP contribution >= 0.6 is 0 Å². The number of carbonyl (C=O) groups is 2. The molecule has 0 aromatic carbocycles. The van der Waals surface area contributed by atoms with Gasteiger partial charge < -0.3 is 19.7 Å². The van der Waals surface area contributed by atoms with Crippen molar-refractivity contribution in [3.8, 4) is 5.88 Å². The molecule has 0 radical (unpaired) electrons. The van der Waals surface area contributed by atoms with Crippen LogP contribution in [-0.2, 0) is 16.0 Å². The fraction of sp³-hybridized carbons (Fsp3) is 0.545. The molecule has 2 aliphatic rings. The maximum absolute atomic E-state index is 12.4. The van der Waals surface area contributed by atoms with E-state index in [4.69, 9.17) is 9.47 Å².